The first-order valence-electron chi connectivity index (χ1n) is 8.56. The van der Waals surface area contributed by atoms with Crippen LogP contribution in [0.5, 0.6) is 5.75 Å². The Labute approximate surface area is 150 Å². The van der Waals surface area contributed by atoms with Gasteiger partial charge in [0.05, 0.1) is 11.6 Å². The average Bonchev–Trinajstić information content (AvgIpc) is 3.22. The van der Waals surface area contributed by atoms with Crippen LogP contribution in [0.15, 0.2) is 80.6 Å². The lowest BCUT2D eigenvalue weighted by Gasteiger charge is -2.11. The van der Waals surface area contributed by atoms with Gasteiger partial charge in [-0.25, -0.2) is 0 Å². The summed E-state index contributed by atoms with van der Waals surface area (Å²) < 4.78 is 17.3. The molecule has 2 aromatic heterocycles. The minimum atomic E-state index is -0.191. The van der Waals surface area contributed by atoms with E-state index in [9.17, 15) is 4.79 Å². The van der Waals surface area contributed by atoms with Gasteiger partial charge in [-0.15, -0.1) is 0 Å². The van der Waals surface area contributed by atoms with Gasteiger partial charge in [0, 0.05) is 0 Å². The molecule has 4 nitrogen and oxygen atoms in total. The predicted molar refractivity (Wildman–Crippen MR) is 100 cm³/mol. The highest BCUT2D eigenvalue weighted by Gasteiger charge is 2.20. The van der Waals surface area contributed by atoms with Gasteiger partial charge in [-0.3, -0.25) is 4.79 Å². The van der Waals surface area contributed by atoms with Crippen LogP contribution in [0.4, 0.5) is 0 Å². The van der Waals surface area contributed by atoms with Crippen LogP contribution in [0.25, 0.3) is 22.5 Å². The lowest BCUT2D eigenvalue weighted by Crippen LogP contribution is -2.10. The number of furan rings is 1. The molecule has 0 saturated heterocycles. The Balaban J connectivity index is 1.85. The van der Waals surface area contributed by atoms with Crippen molar-refractivity contribution in [2.75, 3.05) is 0 Å². The highest BCUT2D eigenvalue weighted by atomic mass is 16.5. The van der Waals surface area contributed by atoms with E-state index in [0.29, 0.717) is 22.5 Å². The molecule has 130 valence electrons. The van der Waals surface area contributed by atoms with Crippen molar-refractivity contribution in [2.45, 2.75) is 20.0 Å². The highest BCUT2D eigenvalue weighted by molar-refractivity contribution is 5.81. The molecule has 0 fully saturated rings. The van der Waals surface area contributed by atoms with Crippen molar-refractivity contribution in [3.8, 4) is 17.3 Å². The molecule has 4 heteroatoms. The van der Waals surface area contributed by atoms with Gasteiger partial charge in [0.1, 0.15) is 12.2 Å². The van der Waals surface area contributed by atoms with Gasteiger partial charge in [0.15, 0.2) is 5.76 Å². The van der Waals surface area contributed by atoms with Crippen LogP contribution in [0.2, 0.25) is 0 Å². The van der Waals surface area contributed by atoms with Crippen molar-refractivity contribution in [2.24, 2.45) is 0 Å². The second-order valence-corrected chi connectivity index (χ2v) is 6.03. The van der Waals surface area contributed by atoms with Gasteiger partial charge in [-0.2, -0.15) is 0 Å². The molecule has 0 saturated carbocycles. The van der Waals surface area contributed by atoms with E-state index in [1.807, 2.05) is 55.5 Å². The fraction of sp³-hybridized carbons (Fsp3) is 0.136. The van der Waals surface area contributed by atoms with E-state index in [4.69, 9.17) is 13.6 Å². The second-order valence-electron chi connectivity index (χ2n) is 6.03. The van der Waals surface area contributed by atoms with E-state index in [2.05, 4.69) is 0 Å². The van der Waals surface area contributed by atoms with Gasteiger partial charge in [0.2, 0.25) is 16.9 Å². The van der Waals surface area contributed by atoms with Crippen molar-refractivity contribution in [3.05, 3.63) is 88.3 Å². The van der Waals surface area contributed by atoms with E-state index >= 15 is 0 Å². The van der Waals surface area contributed by atoms with E-state index in [1.165, 1.54) is 0 Å². The van der Waals surface area contributed by atoms with Crippen LogP contribution < -0.4 is 10.2 Å². The monoisotopic (exact) mass is 346 g/mol. The zero-order valence-corrected chi connectivity index (χ0v) is 14.4. The molecule has 0 aliphatic heterocycles. The van der Waals surface area contributed by atoms with Gasteiger partial charge in [0.25, 0.3) is 0 Å². The fourth-order valence-electron chi connectivity index (χ4n) is 2.88. The molecule has 4 aromatic rings. The Kier molecular flexibility index (Phi) is 4.32. The highest BCUT2D eigenvalue weighted by Crippen LogP contribution is 2.32. The minimum Gasteiger partial charge on any atom is -0.481 e. The summed E-state index contributed by atoms with van der Waals surface area (Å²) in [6.07, 6.45) is 2.39. The van der Waals surface area contributed by atoms with Crippen LogP contribution in [0.3, 0.4) is 0 Å². The number of benzene rings is 2. The summed E-state index contributed by atoms with van der Waals surface area (Å²) in [6.45, 7) is 2.32. The maximum atomic E-state index is 13.1. The SMILES string of the molecule is CCc1ccc2oc(-c3ccco3)c(OCc3ccccc3)c(=O)c2c1. The average molecular weight is 346 g/mol. The number of aryl methyl sites for hydroxylation is 1. The van der Waals surface area contributed by atoms with Crippen molar-refractivity contribution in [1.82, 2.24) is 0 Å². The zero-order chi connectivity index (χ0) is 17.9. The van der Waals surface area contributed by atoms with E-state index in [-0.39, 0.29) is 17.8 Å². The third-order valence-corrected chi connectivity index (χ3v) is 4.29. The summed E-state index contributed by atoms with van der Waals surface area (Å²) in [6, 6.07) is 18.8. The number of rotatable bonds is 5. The first-order valence-corrected chi connectivity index (χ1v) is 8.56. The molecular weight excluding hydrogens is 328 g/mol. The number of hydrogen-bond donors (Lipinski definition) is 0. The molecule has 4 rings (SSSR count). The summed E-state index contributed by atoms with van der Waals surface area (Å²) in [5.41, 5.74) is 2.37. The fourth-order valence-corrected chi connectivity index (χ4v) is 2.88. The van der Waals surface area contributed by atoms with Gasteiger partial charge >= 0.3 is 0 Å². The molecule has 0 aliphatic rings. The molecule has 0 amide bonds. The molecule has 0 spiro atoms. The van der Waals surface area contributed by atoms with Gasteiger partial charge in [-0.1, -0.05) is 43.3 Å². The standard InChI is InChI=1S/C22H18O4/c1-2-15-10-11-18-17(13-15)20(23)22(21(26-18)19-9-6-12-24-19)25-14-16-7-4-3-5-8-16/h3-13H,2,14H2,1H3. The van der Waals surface area contributed by atoms with Gasteiger partial charge < -0.3 is 13.6 Å². The molecule has 0 bridgehead atoms. The predicted octanol–water partition coefficient (Wildman–Crippen LogP) is 5.19. The smallest absolute Gasteiger partial charge is 0.235 e. The Morgan fingerprint density at radius 1 is 0.962 bits per heavy atom. The first kappa shape index (κ1) is 16.2. The first-order chi connectivity index (χ1) is 12.8. The second kappa shape index (κ2) is 6.92. The Bertz CT molecular complexity index is 1080. The van der Waals surface area contributed by atoms with Crippen LogP contribution in [0.1, 0.15) is 18.1 Å². The molecule has 26 heavy (non-hydrogen) atoms. The quantitative estimate of drug-likeness (QED) is 0.499. The van der Waals surface area contributed by atoms with Crippen molar-refractivity contribution in [3.63, 3.8) is 0 Å². The maximum absolute atomic E-state index is 13.1. The third kappa shape index (κ3) is 3.02. The number of fused-ring (bicyclic) bond motifs is 1. The molecular formula is C22H18O4. The summed E-state index contributed by atoms with van der Waals surface area (Å²) in [7, 11) is 0. The Hall–Kier alpha value is -3.27. The van der Waals surface area contributed by atoms with Crippen molar-refractivity contribution in [1.29, 1.82) is 0 Å². The minimum absolute atomic E-state index is 0.171. The largest absolute Gasteiger partial charge is 0.481 e. The summed E-state index contributed by atoms with van der Waals surface area (Å²) in [4.78, 5) is 13.1. The number of ether oxygens (including phenoxy) is 1. The summed E-state index contributed by atoms with van der Waals surface area (Å²) in [5, 5.41) is 0.516. The van der Waals surface area contributed by atoms with E-state index in [1.54, 1.807) is 18.4 Å². The molecule has 0 unspecified atom stereocenters. The Morgan fingerprint density at radius 3 is 2.54 bits per heavy atom. The summed E-state index contributed by atoms with van der Waals surface area (Å²) >= 11 is 0. The lowest BCUT2D eigenvalue weighted by atomic mass is 10.1. The molecule has 0 aliphatic carbocycles. The topological polar surface area (TPSA) is 52.6 Å². The van der Waals surface area contributed by atoms with Crippen molar-refractivity contribution < 1.29 is 13.6 Å². The molecule has 0 radical (unpaired) electrons. The summed E-state index contributed by atoms with van der Waals surface area (Å²) in [5.74, 6) is 0.948. The molecule has 2 aromatic carbocycles. The molecule has 0 atom stereocenters. The van der Waals surface area contributed by atoms with Crippen LogP contribution in [-0.2, 0) is 13.0 Å². The van der Waals surface area contributed by atoms with Crippen molar-refractivity contribution >= 4 is 11.0 Å². The zero-order valence-electron chi connectivity index (χ0n) is 14.4. The molecule has 2 heterocycles. The van der Waals surface area contributed by atoms with E-state index in [0.717, 1.165) is 17.5 Å². The number of hydrogen-bond acceptors (Lipinski definition) is 4. The van der Waals surface area contributed by atoms with Crippen LogP contribution >= 0.6 is 0 Å². The normalized spacial score (nSPS) is 11.0. The lowest BCUT2D eigenvalue weighted by molar-refractivity contribution is 0.296. The van der Waals surface area contributed by atoms with Crippen LogP contribution in [0, 0.1) is 0 Å². The molecule has 0 N–H and O–H groups in total. The maximum Gasteiger partial charge on any atom is 0.235 e. The van der Waals surface area contributed by atoms with Gasteiger partial charge in [-0.05, 0) is 41.8 Å². The third-order valence-electron chi connectivity index (χ3n) is 4.29. The van der Waals surface area contributed by atoms with Crippen LogP contribution in [-0.4, -0.2) is 0 Å². The van der Waals surface area contributed by atoms with E-state index < -0.39 is 0 Å². The Morgan fingerprint density at radius 2 is 1.81 bits per heavy atom.